The molecule has 0 amide bonds. The number of rotatable bonds is 9. The van der Waals surface area contributed by atoms with E-state index < -0.39 is 22.2 Å². The molecule has 1 aromatic carbocycles. The van der Waals surface area contributed by atoms with Gasteiger partial charge in [0.1, 0.15) is 6.17 Å². The zero-order chi connectivity index (χ0) is 19.9. The zero-order valence-electron chi connectivity index (χ0n) is 15.9. The number of carbonyl (C=O) groups is 1. The summed E-state index contributed by atoms with van der Waals surface area (Å²) in [6, 6.07) is 6.21. The Morgan fingerprint density at radius 2 is 1.96 bits per heavy atom. The van der Waals surface area contributed by atoms with Crippen molar-refractivity contribution in [3.63, 3.8) is 0 Å². The van der Waals surface area contributed by atoms with Crippen molar-refractivity contribution in [3.8, 4) is 0 Å². The second-order valence-electron chi connectivity index (χ2n) is 6.97. The van der Waals surface area contributed by atoms with Crippen LogP contribution in [0.25, 0.3) is 0 Å². The molecule has 27 heavy (non-hydrogen) atoms. The second-order valence-corrected chi connectivity index (χ2v) is 8.69. The first-order valence-electron chi connectivity index (χ1n) is 9.28. The van der Waals surface area contributed by atoms with Gasteiger partial charge in [-0.15, -0.1) is 0 Å². The number of unbranched alkanes of at least 4 members (excludes halogenated alkanes) is 1. The van der Waals surface area contributed by atoms with Crippen molar-refractivity contribution in [2.24, 2.45) is 5.92 Å². The van der Waals surface area contributed by atoms with Crippen LogP contribution in [0.1, 0.15) is 44.1 Å². The quantitative estimate of drug-likeness (QED) is 0.392. The molecule has 5 nitrogen and oxygen atoms in total. The predicted octanol–water partition coefficient (Wildman–Crippen LogP) is 3.68. The Balaban J connectivity index is 1.90. The molecule has 1 fully saturated rings. The second kappa shape index (κ2) is 9.99. The van der Waals surface area contributed by atoms with Crippen molar-refractivity contribution >= 4 is 16.0 Å². The molecule has 1 N–H and O–H groups in total. The van der Waals surface area contributed by atoms with Gasteiger partial charge in [0.2, 0.25) is 10.0 Å². The highest BCUT2D eigenvalue weighted by Gasteiger charge is 2.37. The molecule has 1 aliphatic rings. The molecule has 1 saturated carbocycles. The Morgan fingerprint density at radius 3 is 2.63 bits per heavy atom. The summed E-state index contributed by atoms with van der Waals surface area (Å²) in [4.78, 5) is 11.2. The minimum Gasteiger partial charge on any atom is -0.469 e. The third-order valence-electron chi connectivity index (χ3n) is 4.93. The number of aryl methyl sites for hydroxylation is 1. The highest BCUT2D eigenvalue weighted by Crippen LogP contribution is 2.33. The first-order valence-corrected chi connectivity index (χ1v) is 10.8. The number of ether oxygens (including phenoxy) is 1. The van der Waals surface area contributed by atoms with Crippen molar-refractivity contribution in [3.05, 3.63) is 42.0 Å². The topological polar surface area (TPSA) is 72.5 Å². The number of allylic oxidation sites excluding steroid dienone is 2. The third-order valence-corrected chi connectivity index (χ3v) is 6.43. The number of halogens is 1. The Hall–Kier alpha value is -1.73. The van der Waals surface area contributed by atoms with Crippen molar-refractivity contribution < 1.29 is 22.3 Å². The summed E-state index contributed by atoms with van der Waals surface area (Å²) in [5.74, 6) is -0.615. The Kier molecular flexibility index (Phi) is 7.98. The predicted molar refractivity (Wildman–Crippen MR) is 103 cm³/mol. The lowest BCUT2D eigenvalue weighted by molar-refractivity contribution is -0.140. The summed E-state index contributed by atoms with van der Waals surface area (Å²) in [6.07, 6.45) is 5.85. The lowest BCUT2D eigenvalue weighted by Crippen LogP contribution is -2.38. The van der Waals surface area contributed by atoms with E-state index in [2.05, 4.69) is 9.46 Å². The highest BCUT2D eigenvalue weighted by atomic mass is 32.2. The van der Waals surface area contributed by atoms with Gasteiger partial charge in [-0.25, -0.2) is 17.5 Å². The number of alkyl halides is 1. The van der Waals surface area contributed by atoms with Crippen LogP contribution in [0.5, 0.6) is 0 Å². The molecular weight excluding hydrogens is 369 g/mol. The van der Waals surface area contributed by atoms with E-state index in [1.54, 1.807) is 24.3 Å². The molecule has 0 aromatic heterocycles. The highest BCUT2D eigenvalue weighted by molar-refractivity contribution is 7.89. The number of carbonyl (C=O) groups excluding carboxylic acids is 1. The largest absolute Gasteiger partial charge is 0.469 e. The number of nitrogens with one attached hydrogen (secondary N) is 1. The molecule has 1 aromatic rings. The first-order chi connectivity index (χ1) is 12.8. The average molecular weight is 398 g/mol. The number of hydrogen-bond acceptors (Lipinski definition) is 4. The Labute approximate surface area is 161 Å². The van der Waals surface area contributed by atoms with Crippen molar-refractivity contribution in [1.29, 1.82) is 0 Å². The maximum Gasteiger partial charge on any atom is 0.305 e. The molecule has 0 radical (unpaired) electrons. The smallest absolute Gasteiger partial charge is 0.305 e. The molecule has 3 atom stereocenters. The number of esters is 1. The summed E-state index contributed by atoms with van der Waals surface area (Å²) in [5.41, 5.74) is 0.980. The summed E-state index contributed by atoms with van der Waals surface area (Å²) in [7, 11) is -2.30. The van der Waals surface area contributed by atoms with Crippen molar-refractivity contribution in [2.75, 3.05) is 7.11 Å². The number of hydrogen-bond donors (Lipinski definition) is 1. The fraction of sp³-hybridized carbons (Fsp3) is 0.550. The third kappa shape index (κ3) is 6.43. The molecule has 0 saturated heterocycles. The molecule has 3 unspecified atom stereocenters. The Bertz CT molecular complexity index is 746. The normalized spacial score (nSPS) is 23.0. The van der Waals surface area contributed by atoms with E-state index in [1.807, 2.05) is 19.1 Å². The van der Waals surface area contributed by atoms with Gasteiger partial charge in [-0.3, -0.25) is 4.79 Å². The summed E-state index contributed by atoms with van der Waals surface area (Å²) < 4.78 is 46.7. The van der Waals surface area contributed by atoms with Crippen LogP contribution in [-0.4, -0.2) is 33.7 Å². The van der Waals surface area contributed by atoms with Gasteiger partial charge in [-0.1, -0.05) is 29.8 Å². The fourth-order valence-corrected chi connectivity index (χ4v) is 4.62. The lowest BCUT2D eigenvalue weighted by atomic mass is 9.98. The van der Waals surface area contributed by atoms with Gasteiger partial charge in [0.25, 0.3) is 0 Å². The molecule has 150 valence electrons. The van der Waals surface area contributed by atoms with E-state index in [4.69, 9.17) is 0 Å². The van der Waals surface area contributed by atoms with Gasteiger partial charge >= 0.3 is 5.97 Å². The fourth-order valence-electron chi connectivity index (χ4n) is 3.30. The zero-order valence-corrected chi connectivity index (χ0v) is 16.7. The average Bonchev–Trinajstić information content (AvgIpc) is 2.97. The molecule has 0 heterocycles. The summed E-state index contributed by atoms with van der Waals surface area (Å²) >= 11 is 0. The first kappa shape index (κ1) is 21.6. The number of benzene rings is 1. The van der Waals surface area contributed by atoms with Crippen LogP contribution in [-0.2, 0) is 19.6 Å². The summed E-state index contributed by atoms with van der Waals surface area (Å²) in [6.45, 7) is 1.89. The van der Waals surface area contributed by atoms with Crippen LogP contribution in [0.3, 0.4) is 0 Å². The van der Waals surface area contributed by atoms with E-state index >= 15 is 0 Å². The maximum absolute atomic E-state index is 14.3. The van der Waals surface area contributed by atoms with Gasteiger partial charge in [-0.05, 0) is 51.2 Å². The van der Waals surface area contributed by atoms with Gasteiger partial charge in [-0.2, -0.15) is 0 Å². The van der Waals surface area contributed by atoms with Gasteiger partial charge in [0, 0.05) is 18.4 Å². The van der Waals surface area contributed by atoms with Crippen LogP contribution in [0, 0.1) is 12.8 Å². The van der Waals surface area contributed by atoms with Gasteiger partial charge < -0.3 is 4.74 Å². The lowest BCUT2D eigenvalue weighted by Gasteiger charge is -2.21. The summed E-state index contributed by atoms with van der Waals surface area (Å²) in [5, 5.41) is 0. The van der Waals surface area contributed by atoms with E-state index in [0.717, 1.165) is 5.56 Å². The molecule has 0 bridgehead atoms. The van der Waals surface area contributed by atoms with Crippen molar-refractivity contribution in [1.82, 2.24) is 4.72 Å². The number of methoxy groups -OCH3 is 1. The van der Waals surface area contributed by atoms with Gasteiger partial charge in [0.15, 0.2) is 0 Å². The molecule has 7 heteroatoms. The molecule has 2 rings (SSSR count). The Morgan fingerprint density at radius 1 is 1.26 bits per heavy atom. The monoisotopic (exact) mass is 397 g/mol. The van der Waals surface area contributed by atoms with Crippen LogP contribution >= 0.6 is 0 Å². The maximum atomic E-state index is 14.3. The SMILES string of the molecule is COC(=O)CCC/C=C\CC1C(F)CCC1NS(=O)(=O)c1ccc(C)cc1. The van der Waals surface area contributed by atoms with Gasteiger partial charge in [0.05, 0.1) is 12.0 Å². The van der Waals surface area contributed by atoms with Crippen LogP contribution in [0.2, 0.25) is 0 Å². The minimum atomic E-state index is -3.66. The van der Waals surface area contributed by atoms with Crippen LogP contribution in [0.4, 0.5) is 4.39 Å². The molecular formula is C20H28FNO4S. The van der Waals surface area contributed by atoms with Crippen molar-refractivity contribution in [2.45, 2.75) is 62.6 Å². The van der Waals surface area contributed by atoms with Crippen LogP contribution < -0.4 is 4.72 Å². The molecule has 0 spiro atoms. The van der Waals surface area contributed by atoms with E-state index in [1.165, 1.54) is 7.11 Å². The standard InChI is InChI=1S/C20H28FNO4S/c1-15-9-11-16(12-10-15)27(24,25)22-19-14-13-18(21)17(19)7-5-3-4-6-8-20(23)26-2/h3,5,9-12,17-19,22H,4,6-8,13-14H2,1-2H3/b5-3-. The molecule has 0 aliphatic heterocycles. The number of sulfonamides is 1. The molecule has 1 aliphatic carbocycles. The van der Waals surface area contributed by atoms with Crippen LogP contribution in [0.15, 0.2) is 41.3 Å². The van der Waals surface area contributed by atoms with E-state index in [-0.39, 0.29) is 16.8 Å². The van der Waals surface area contributed by atoms with E-state index in [0.29, 0.717) is 38.5 Å². The van der Waals surface area contributed by atoms with E-state index in [9.17, 15) is 17.6 Å². The minimum absolute atomic E-state index is 0.201.